The Labute approximate surface area is 147 Å². The summed E-state index contributed by atoms with van der Waals surface area (Å²) in [5.74, 6) is -0.327. The molecule has 0 aromatic heterocycles. The Kier molecular flexibility index (Phi) is 5.72. The van der Waals surface area contributed by atoms with E-state index < -0.39 is 11.7 Å². The van der Waals surface area contributed by atoms with Gasteiger partial charge in [-0.3, -0.25) is 10.2 Å². The molecule has 0 saturated carbocycles. The van der Waals surface area contributed by atoms with Crippen molar-refractivity contribution in [2.24, 2.45) is 0 Å². The summed E-state index contributed by atoms with van der Waals surface area (Å²) in [6.45, 7) is 7.84. The molecule has 1 unspecified atom stereocenters. The van der Waals surface area contributed by atoms with Crippen LogP contribution in [0.1, 0.15) is 51.3 Å². The maximum atomic E-state index is 12.1. The number of nitrogens with one attached hydrogen (secondary N) is 1. The molecular weight excluding hydrogens is 332 g/mol. The van der Waals surface area contributed by atoms with Gasteiger partial charge in [0.05, 0.1) is 19.1 Å². The summed E-state index contributed by atoms with van der Waals surface area (Å²) in [6, 6.07) is 5.18. The fraction of sp³-hybridized carbons (Fsp3) is 0.529. The van der Waals surface area contributed by atoms with E-state index in [1.54, 1.807) is 38.8 Å². The number of esters is 1. The molecule has 1 aliphatic heterocycles. The Balaban J connectivity index is 2.18. The van der Waals surface area contributed by atoms with Gasteiger partial charge < -0.3 is 9.47 Å². The number of benzene rings is 1. The van der Waals surface area contributed by atoms with Gasteiger partial charge in [0.1, 0.15) is 5.60 Å². The van der Waals surface area contributed by atoms with Crippen LogP contribution in [0.2, 0.25) is 5.02 Å². The third-order valence-corrected chi connectivity index (χ3v) is 3.87. The molecule has 132 valence electrons. The number of carbonyl (C=O) groups excluding carboxylic acids is 2. The van der Waals surface area contributed by atoms with Crippen LogP contribution in [0.5, 0.6) is 0 Å². The van der Waals surface area contributed by atoms with Crippen LogP contribution < -0.4 is 5.43 Å². The third-order valence-electron chi connectivity index (χ3n) is 3.52. The summed E-state index contributed by atoms with van der Waals surface area (Å²) in [7, 11) is 0. The van der Waals surface area contributed by atoms with Crippen LogP contribution in [0.15, 0.2) is 18.2 Å². The molecule has 1 heterocycles. The minimum atomic E-state index is -0.606. The Hall–Kier alpha value is -1.79. The van der Waals surface area contributed by atoms with E-state index in [9.17, 15) is 9.59 Å². The van der Waals surface area contributed by atoms with Crippen molar-refractivity contribution in [1.29, 1.82) is 0 Å². The van der Waals surface area contributed by atoms with Gasteiger partial charge in [-0.15, -0.1) is 0 Å². The van der Waals surface area contributed by atoms with Gasteiger partial charge in [0.2, 0.25) is 0 Å². The van der Waals surface area contributed by atoms with E-state index in [0.717, 1.165) is 11.1 Å². The van der Waals surface area contributed by atoms with Crippen LogP contribution >= 0.6 is 11.6 Å². The molecule has 1 aromatic rings. The highest BCUT2D eigenvalue weighted by atomic mass is 35.5. The van der Waals surface area contributed by atoms with Gasteiger partial charge in [0.25, 0.3) is 0 Å². The average Bonchev–Trinajstić information content (AvgIpc) is 2.76. The topological polar surface area (TPSA) is 67.9 Å². The molecule has 24 heavy (non-hydrogen) atoms. The first-order valence-corrected chi connectivity index (χ1v) is 8.28. The lowest BCUT2D eigenvalue weighted by Gasteiger charge is -2.27. The molecule has 1 N–H and O–H groups in total. The molecule has 0 saturated heterocycles. The predicted molar refractivity (Wildman–Crippen MR) is 90.4 cm³/mol. The molecule has 1 aliphatic rings. The molecular formula is C17H23ClN2O4. The first-order chi connectivity index (χ1) is 11.2. The number of rotatable bonds is 4. The minimum absolute atomic E-state index is 0.122. The van der Waals surface area contributed by atoms with Gasteiger partial charge in [-0.25, -0.2) is 9.80 Å². The summed E-state index contributed by atoms with van der Waals surface area (Å²) >= 11 is 6.25. The highest BCUT2D eigenvalue weighted by Gasteiger charge is 2.35. The van der Waals surface area contributed by atoms with Gasteiger partial charge in [-0.1, -0.05) is 23.7 Å². The number of hydrogen-bond donors (Lipinski definition) is 1. The van der Waals surface area contributed by atoms with Crippen molar-refractivity contribution in [2.45, 2.75) is 52.3 Å². The number of fused-ring (bicyclic) bond motifs is 1. The molecule has 0 radical (unpaired) electrons. The van der Waals surface area contributed by atoms with E-state index in [1.165, 1.54) is 0 Å². The summed E-state index contributed by atoms with van der Waals surface area (Å²) < 4.78 is 10.3. The van der Waals surface area contributed by atoms with Gasteiger partial charge in [-0.05, 0) is 44.9 Å². The van der Waals surface area contributed by atoms with Gasteiger partial charge in [-0.2, -0.15) is 0 Å². The van der Waals surface area contributed by atoms with E-state index in [2.05, 4.69) is 5.43 Å². The van der Waals surface area contributed by atoms with Crippen LogP contribution in [0.3, 0.4) is 0 Å². The lowest BCUT2D eigenvalue weighted by atomic mass is 10.0. The average molecular weight is 355 g/mol. The van der Waals surface area contributed by atoms with Crippen molar-refractivity contribution >= 4 is 23.7 Å². The minimum Gasteiger partial charge on any atom is -0.466 e. The molecule has 1 amide bonds. The molecule has 0 fully saturated rings. The highest BCUT2D eigenvalue weighted by Crippen LogP contribution is 2.38. The zero-order valence-corrected chi connectivity index (χ0v) is 15.1. The molecule has 0 aliphatic carbocycles. The molecule has 1 atom stereocenters. The summed E-state index contributed by atoms with van der Waals surface area (Å²) in [5.41, 5.74) is 3.91. The van der Waals surface area contributed by atoms with Crippen LogP contribution in [-0.4, -0.2) is 29.3 Å². The Morgan fingerprint density at radius 1 is 1.38 bits per heavy atom. The van der Waals surface area contributed by atoms with Crippen molar-refractivity contribution in [3.63, 3.8) is 0 Å². The molecule has 0 bridgehead atoms. The molecule has 1 aromatic carbocycles. The fourth-order valence-corrected chi connectivity index (χ4v) is 2.88. The summed E-state index contributed by atoms with van der Waals surface area (Å²) in [4.78, 5) is 24.0. The monoisotopic (exact) mass is 354 g/mol. The smallest absolute Gasteiger partial charge is 0.422 e. The molecule has 2 rings (SSSR count). The lowest BCUT2D eigenvalue weighted by Crippen LogP contribution is -2.44. The zero-order valence-electron chi connectivity index (χ0n) is 14.4. The number of halogens is 1. The van der Waals surface area contributed by atoms with Crippen molar-refractivity contribution < 1.29 is 19.1 Å². The van der Waals surface area contributed by atoms with Crippen LogP contribution in [0.25, 0.3) is 0 Å². The standard InChI is InChI=1S/C17H23ClN2O4/c1-5-23-15(21)9-14-11-7-6-8-13(18)12(11)10-20(14)19-16(22)24-17(2,3)4/h6-8,14H,5,9-10H2,1-4H3,(H,19,22). The second kappa shape index (κ2) is 7.40. The zero-order chi connectivity index (χ0) is 17.9. The maximum absolute atomic E-state index is 12.1. The van der Waals surface area contributed by atoms with Crippen molar-refractivity contribution in [2.75, 3.05) is 6.61 Å². The Bertz CT molecular complexity index is 628. The number of amides is 1. The first-order valence-electron chi connectivity index (χ1n) is 7.90. The SMILES string of the molecule is CCOC(=O)CC1c2cccc(Cl)c2CN1NC(=O)OC(C)(C)C. The summed E-state index contributed by atoms with van der Waals surface area (Å²) in [6.07, 6.45) is -0.447. The molecule has 6 nitrogen and oxygen atoms in total. The third kappa shape index (κ3) is 4.61. The molecule has 0 spiro atoms. The van der Waals surface area contributed by atoms with Crippen LogP contribution in [-0.2, 0) is 20.8 Å². The largest absolute Gasteiger partial charge is 0.466 e. The normalized spacial score (nSPS) is 17.3. The second-order valence-corrected chi connectivity index (χ2v) is 6.98. The Morgan fingerprint density at radius 2 is 2.08 bits per heavy atom. The number of hydrogen-bond acceptors (Lipinski definition) is 5. The lowest BCUT2D eigenvalue weighted by molar-refractivity contribution is -0.145. The van der Waals surface area contributed by atoms with Crippen molar-refractivity contribution in [3.8, 4) is 0 Å². The van der Waals surface area contributed by atoms with Crippen molar-refractivity contribution in [3.05, 3.63) is 34.3 Å². The van der Waals surface area contributed by atoms with E-state index in [4.69, 9.17) is 21.1 Å². The number of nitrogens with zero attached hydrogens (tertiary/aromatic N) is 1. The quantitative estimate of drug-likeness (QED) is 0.837. The van der Waals surface area contributed by atoms with Crippen LogP contribution in [0, 0.1) is 0 Å². The molecule has 7 heteroatoms. The number of carbonyl (C=O) groups is 2. The second-order valence-electron chi connectivity index (χ2n) is 6.57. The number of ether oxygens (including phenoxy) is 2. The van der Waals surface area contributed by atoms with Gasteiger partial charge >= 0.3 is 12.1 Å². The van der Waals surface area contributed by atoms with Crippen LogP contribution in [0.4, 0.5) is 4.79 Å². The van der Waals surface area contributed by atoms with Crippen molar-refractivity contribution in [1.82, 2.24) is 10.4 Å². The Morgan fingerprint density at radius 3 is 2.71 bits per heavy atom. The summed E-state index contributed by atoms with van der Waals surface area (Å²) in [5, 5.41) is 2.27. The van der Waals surface area contributed by atoms with E-state index in [-0.39, 0.29) is 18.4 Å². The fourth-order valence-electron chi connectivity index (χ4n) is 2.64. The van der Waals surface area contributed by atoms with Gasteiger partial charge in [0, 0.05) is 11.6 Å². The first kappa shape index (κ1) is 18.5. The van der Waals surface area contributed by atoms with E-state index >= 15 is 0 Å². The van der Waals surface area contributed by atoms with E-state index in [0.29, 0.717) is 18.2 Å². The van der Waals surface area contributed by atoms with Gasteiger partial charge in [0.15, 0.2) is 0 Å². The maximum Gasteiger partial charge on any atom is 0.422 e. The number of hydrazine groups is 1. The predicted octanol–water partition coefficient (Wildman–Crippen LogP) is 3.59. The van der Waals surface area contributed by atoms with E-state index in [1.807, 2.05) is 12.1 Å². The highest BCUT2D eigenvalue weighted by molar-refractivity contribution is 6.31.